The second-order valence-corrected chi connectivity index (χ2v) is 4.70. The highest BCUT2D eigenvalue weighted by molar-refractivity contribution is 5.85. The summed E-state index contributed by atoms with van der Waals surface area (Å²) in [7, 11) is 0. The highest BCUT2D eigenvalue weighted by Crippen LogP contribution is 2.25. The van der Waals surface area contributed by atoms with E-state index in [2.05, 4.69) is 10.6 Å². The predicted octanol–water partition coefficient (Wildman–Crippen LogP) is 2.03. The van der Waals surface area contributed by atoms with Crippen molar-refractivity contribution in [2.24, 2.45) is 0 Å². The van der Waals surface area contributed by atoms with Crippen LogP contribution in [-0.4, -0.2) is 24.4 Å². The molecule has 1 atom stereocenters. The molecule has 3 nitrogen and oxygen atoms in total. The molecule has 2 N–H and O–H groups in total. The molecule has 1 saturated heterocycles. The molecule has 0 bridgehead atoms. The van der Waals surface area contributed by atoms with Gasteiger partial charge in [-0.15, -0.1) is 12.4 Å². The quantitative estimate of drug-likeness (QED) is 0.894. The van der Waals surface area contributed by atoms with Crippen LogP contribution in [0.5, 0.6) is 0 Å². The normalized spacial score (nSPS) is 20.7. The van der Waals surface area contributed by atoms with Gasteiger partial charge in [-0.2, -0.15) is 0 Å². The van der Waals surface area contributed by atoms with E-state index in [9.17, 15) is 13.6 Å². The fourth-order valence-corrected chi connectivity index (χ4v) is 1.92. The van der Waals surface area contributed by atoms with E-state index in [1.54, 1.807) is 0 Å². The topological polar surface area (TPSA) is 41.1 Å². The third-order valence-electron chi connectivity index (χ3n) is 3.01. The number of carbonyl (C=O) groups is 1. The summed E-state index contributed by atoms with van der Waals surface area (Å²) >= 11 is 0. The van der Waals surface area contributed by atoms with Gasteiger partial charge in [0, 0.05) is 13.0 Å². The van der Waals surface area contributed by atoms with Crippen LogP contribution >= 0.6 is 12.4 Å². The number of alkyl halides is 2. The smallest absolute Gasteiger partial charge is 0.262 e. The van der Waals surface area contributed by atoms with Crippen molar-refractivity contribution in [2.45, 2.75) is 31.9 Å². The largest absolute Gasteiger partial charge is 0.351 e. The Labute approximate surface area is 117 Å². The van der Waals surface area contributed by atoms with Crippen molar-refractivity contribution in [3.63, 3.8) is 0 Å². The Morgan fingerprint density at radius 3 is 2.58 bits per heavy atom. The molecular formula is C13H17ClF2N2O. The molecule has 1 aliphatic rings. The van der Waals surface area contributed by atoms with Crippen molar-refractivity contribution < 1.29 is 13.6 Å². The SMILES string of the molecule is Cc1ccc(CNC(=O)C2CC(F)(F)CN2)cc1.Cl. The molecule has 1 heterocycles. The highest BCUT2D eigenvalue weighted by Gasteiger charge is 2.42. The molecule has 0 radical (unpaired) electrons. The Kier molecular flexibility index (Phi) is 5.26. The summed E-state index contributed by atoms with van der Waals surface area (Å²) in [6.07, 6.45) is -0.424. The van der Waals surface area contributed by atoms with Crippen molar-refractivity contribution in [3.05, 3.63) is 35.4 Å². The molecule has 19 heavy (non-hydrogen) atoms. The first-order chi connectivity index (χ1) is 8.46. The number of aryl methyl sites for hydroxylation is 1. The van der Waals surface area contributed by atoms with Gasteiger partial charge in [0.05, 0.1) is 12.6 Å². The van der Waals surface area contributed by atoms with Gasteiger partial charge in [0.2, 0.25) is 5.91 Å². The first-order valence-corrected chi connectivity index (χ1v) is 5.91. The second kappa shape index (κ2) is 6.30. The molecule has 0 aromatic heterocycles. The van der Waals surface area contributed by atoms with Crippen LogP contribution in [0.25, 0.3) is 0 Å². The average molecular weight is 291 g/mol. The standard InChI is InChI=1S/C13H16F2N2O.ClH/c1-9-2-4-10(5-3-9)7-16-12(18)11-6-13(14,15)8-17-11;/h2-5,11,17H,6-8H2,1H3,(H,16,18);1H. The van der Waals surface area contributed by atoms with Crippen molar-refractivity contribution in [3.8, 4) is 0 Å². The Balaban J connectivity index is 0.00000180. The van der Waals surface area contributed by atoms with Crippen LogP contribution in [0.4, 0.5) is 8.78 Å². The lowest BCUT2D eigenvalue weighted by atomic mass is 10.1. The van der Waals surface area contributed by atoms with Gasteiger partial charge in [0.1, 0.15) is 0 Å². The molecule has 1 unspecified atom stereocenters. The number of hydrogen-bond acceptors (Lipinski definition) is 2. The van der Waals surface area contributed by atoms with Gasteiger partial charge in [0.15, 0.2) is 0 Å². The van der Waals surface area contributed by atoms with E-state index in [0.29, 0.717) is 6.54 Å². The van der Waals surface area contributed by atoms with Crippen LogP contribution < -0.4 is 10.6 Å². The summed E-state index contributed by atoms with van der Waals surface area (Å²) in [5, 5.41) is 5.19. The molecule has 1 amide bonds. The van der Waals surface area contributed by atoms with Crippen LogP contribution in [0.1, 0.15) is 17.5 Å². The maximum absolute atomic E-state index is 12.9. The Bertz CT molecular complexity index is 437. The lowest BCUT2D eigenvalue weighted by Crippen LogP contribution is -2.40. The first-order valence-electron chi connectivity index (χ1n) is 5.91. The summed E-state index contributed by atoms with van der Waals surface area (Å²) < 4.78 is 25.8. The minimum Gasteiger partial charge on any atom is -0.351 e. The van der Waals surface area contributed by atoms with E-state index in [-0.39, 0.29) is 18.3 Å². The molecule has 0 aliphatic carbocycles. The Morgan fingerprint density at radius 2 is 2.05 bits per heavy atom. The number of hydrogen-bond donors (Lipinski definition) is 2. The van der Waals surface area contributed by atoms with Crippen molar-refractivity contribution in [2.75, 3.05) is 6.54 Å². The van der Waals surface area contributed by atoms with Gasteiger partial charge < -0.3 is 5.32 Å². The summed E-state index contributed by atoms with van der Waals surface area (Å²) in [5.74, 6) is -3.14. The third kappa shape index (κ3) is 4.44. The highest BCUT2D eigenvalue weighted by atomic mass is 35.5. The van der Waals surface area contributed by atoms with Crippen LogP contribution in [0.15, 0.2) is 24.3 Å². The number of carbonyl (C=O) groups excluding carboxylic acids is 1. The zero-order valence-electron chi connectivity index (χ0n) is 10.6. The van der Waals surface area contributed by atoms with Gasteiger partial charge in [-0.25, -0.2) is 8.78 Å². The lowest BCUT2D eigenvalue weighted by molar-refractivity contribution is -0.123. The first kappa shape index (κ1) is 15.9. The second-order valence-electron chi connectivity index (χ2n) is 4.70. The zero-order valence-corrected chi connectivity index (χ0v) is 11.4. The molecule has 6 heteroatoms. The number of rotatable bonds is 3. The maximum Gasteiger partial charge on any atom is 0.262 e. The van der Waals surface area contributed by atoms with E-state index in [0.717, 1.165) is 11.1 Å². The molecule has 0 saturated carbocycles. The van der Waals surface area contributed by atoms with Gasteiger partial charge in [-0.05, 0) is 12.5 Å². The van der Waals surface area contributed by atoms with Crippen molar-refractivity contribution in [1.82, 2.24) is 10.6 Å². The van der Waals surface area contributed by atoms with E-state index < -0.39 is 24.9 Å². The van der Waals surface area contributed by atoms with Crippen LogP contribution in [0.3, 0.4) is 0 Å². The molecular weight excluding hydrogens is 274 g/mol. The van der Waals surface area contributed by atoms with Crippen molar-refractivity contribution >= 4 is 18.3 Å². The van der Waals surface area contributed by atoms with E-state index in [1.165, 1.54) is 0 Å². The van der Waals surface area contributed by atoms with Crippen LogP contribution in [0.2, 0.25) is 0 Å². The fourth-order valence-electron chi connectivity index (χ4n) is 1.92. The van der Waals surface area contributed by atoms with Gasteiger partial charge in [-0.1, -0.05) is 29.8 Å². The van der Waals surface area contributed by atoms with Crippen molar-refractivity contribution in [1.29, 1.82) is 0 Å². The van der Waals surface area contributed by atoms with E-state index in [4.69, 9.17) is 0 Å². The van der Waals surface area contributed by atoms with Gasteiger partial charge in [0.25, 0.3) is 5.92 Å². The summed E-state index contributed by atoms with van der Waals surface area (Å²) in [4.78, 5) is 11.7. The molecule has 106 valence electrons. The number of benzene rings is 1. The van der Waals surface area contributed by atoms with Crippen LogP contribution in [-0.2, 0) is 11.3 Å². The monoisotopic (exact) mass is 290 g/mol. The third-order valence-corrected chi connectivity index (χ3v) is 3.01. The minimum absolute atomic E-state index is 0. The summed E-state index contributed by atoms with van der Waals surface area (Å²) in [6.45, 7) is 1.92. The average Bonchev–Trinajstić information content (AvgIpc) is 2.69. The van der Waals surface area contributed by atoms with E-state index >= 15 is 0 Å². The summed E-state index contributed by atoms with van der Waals surface area (Å²) in [6, 6.07) is 6.93. The lowest BCUT2D eigenvalue weighted by Gasteiger charge is -2.11. The number of halogens is 3. The van der Waals surface area contributed by atoms with Crippen LogP contribution in [0, 0.1) is 6.92 Å². The molecule has 1 aromatic carbocycles. The molecule has 0 spiro atoms. The fraction of sp³-hybridized carbons (Fsp3) is 0.462. The Hall–Kier alpha value is -1.20. The molecule has 2 rings (SSSR count). The Morgan fingerprint density at radius 1 is 1.42 bits per heavy atom. The molecule has 1 fully saturated rings. The van der Waals surface area contributed by atoms with Gasteiger partial charge in [-0.3, -0.25) is 10.1 Å². The maximum atomic E-state index is 12.9. The van der Waals surface area contributed by atoms with Gasteiger partial charge >= 0.3 is 0 Å². The van der Waals surface area contributed by atoms with E-state index in [1.807, 2.05) is 31.2 Å². The zero-order chi connectivity index (χ0) is 13.2. The minimum atomic E-state index is -2.77. The predicted molar refractivity (Wildman–Crippen MR) is 71.6 cm³/mol. The summed E-state index contributed by atoms with van der Waals surface area (Å²) in [5.41, 5.74) is 2.10. The number of nitrogens with one attached hydrogen (secondary N) is 2. The number of amides is 1. The molecule has 1 aliphatic heterocycles. The molecule has 1 aromatic rings.